The lowest BCUT2D eigenvalue weighted by atomic mass is 9.93. The number of likely N-dealkylation sites (tertiary alicyclic amines) is 1. The minimum atomic E-state index is -0.452. The summed E-state index contributed by atoms with van der Waals surface area (Å²) in [4.78, 5) is 16.4. The number of ether oxygens (including phenoxy) is 1. The molecule has 0 aliphatic carbocycles. The summed E-state index contributed by atoms with van der Waals surface area (Å²) >= 11 is 0. The smallest absolute Gasteiger partial charge is 0.410 e. The van der Waals surface area contributed by atoms with Crippen LogP contribution in [0.4, 0.5) is 4.79 Å². The summed E-state index contributed by atoms with van der Waals surface area (Å²) in [6.07, 6.45) is -0.214. The lowest BCUT2D eigenvalue weighted by Crippen LogP contribution is -2.38. The number of nitrogens with zero attached hydrogens (tertiary/aromatic N) is 2. The van der Waals surface area contributed by atoms with E-state index in [0.717, 1.165) is 0 Å². The van der Waals surface area contributed by atoms with E-state index in [1.807, 2.05) is 25.7 Å². The molecule has 0 bridgehead atoms. The highest BCUT2D eigenvalue weighted by molar-refractivity contribution is 5.69. The fourth-order valence-electron chi connectivity index (χ4n) is 2.93. The summed E-state index contributed by atoms with van der Waals surface area (Å²) in [6, 6.07) is 8.94. The molecule has 1 amide bonds. The van der Waals surface area contributed by atoms with Gasteiger partial charge in [-0.3, -0.25) is 0 Å². The Labute approximate surface area is 134 Å². The lowest BCUT2D eigenvalue weighted by molar-refractivity contribution is 0.0283. The lowest BCUT2D eigenvalue weighted by Gasteiger charge is -2.25. The van der Waals surface area contributed by atoms with Crippen molar-refractivity contribution < 1.29 is 9.53 Å². The molecule has 0 N–H and O–H groups in total. The van der Waals surface area contributed by atoms with Crippen LogP contribution in [0.15, 0.2) is 24.3 Å². The molecule has 0 radical (unpaired) electrons. The van der Waals surface area contributed by atoms with Crippen LogP contribution in [0.5, 0.6) is 0 Å². The van der Waals surface area contributed by atoms with E-state index >= 15 is 0 Å². The van der Waals surface area contributed by atoms with Crippen LogP contribution in [0.25, 0.3) is 0 Å². The molecule has 1 aromatic rings. The third-order valence-corrected chi connectivity index (χ3v) is 4.11. The van der Waals surface area contributed by atoms with Crippen molar-refractivity contribution in [2.75, 3.05) is 27.2 Å². The van der Waals surface area contributed by atoms with Gasteiger partial charge in [0.05, 0.1) is 0 Å². The zero-order valence-electron chi connectivity index (χ0n) is 14.6. The zero-order chi connectivity index (χ0) is 16.5. The maximum Gasteiger partial charge on any atom is 0.410 e. The van der Waals surface area contributed by atoms with Crippen molar-refractivity contribution in [1.29, 1.82) is 0 Å². The molecule has 0 saturated carbocycles. The monoisotopic (exact) mass is 304 g/mol. The largest absolute Gasteiger partial charge is 0.444 e. The summed E-state index contributed by atoms with van der Waals surface area (Å²) in [7, 11) is 4.15. The standard InChI is InChI=1S/C18H28N2O2/c1-13-7-9-14(10-8-13)15-11-20(12-16(15)19(5)6)17(21)22-18(2,3)4/h7-10,15-16H,11-12H2,1-6H3/t15-,16+/m0/s1. The Morgan fingerprint density at radius 3 is 2.27 bits per heavy atom. The summed E-state index contributed by atoms with van der Waals surface area (Å²) in [5.74, 6) is 0.322. The average molecular weight is 304 g/mol. The first-order valence-electron chi connectivity index (χ1n) is 7.88. The number of aryl methyl sites for hydroxylation is 1. The maximum absolute atomic E-state index is 12.3. The number of amides is 1. The first-order valence-corrected chi connectivity index (χ1v) is 7.88. The van der Waals surface area contributed by atoms with E-state index in [1.54, 1.807) is 0 Å². The number of hydrogen-bond acceptors (Lipinski definition) is 3. The molecule has 4 heteroatoms. The van der Waals surface area contributed by atoms with Gasteiger partial charge in [-0.15, -0.1) is 0 Å². The highest BCUT2D eigenvalue weighted by atomic mass is 16.6. The summed E-state index contributed by atoms with van der Waals surface area (Å²) in [5, 5.41) is 0. The molecule has 1 aliphatic heterocycles. The Kier molecular flexibility index (Phi) is 4.81. The molecule has 1 aliphatic rings. The molecular formula is C18H28N2O2. The molecule has 22 heavy (non-hydrogen) atoms. The van der Waals surface area contributed by atoms with E-state index < -0.39 is 5.60 Å². The average Bonchev–Trinajstić information content (AvgIpc) is 2.83. The number of rotatable bonds is 2. The number of hydrogen-bond donors (Lipinski definition) is 0. The minimum Gasteiger partial charge on any atom is -0.444 e. The Balaban J connectivity index is 2.16. The van der Waals surface area contributed by atoms with Crippen LogP contribution in [0.1, 0.15) is 37.8 Å². The van der Waals surface area contributed by atoms with Crippen LogP contribution in [-0.4, -0.2) is 54.7 Å². The van der Waals surface area contributed by atoms with Crippen LogP contribution < -0.4 is 0 Å². The first-order chi connectivity index (χ1) is 10.2. The molecule has 0 unspecified atom stereocenters. The Morgan fingerprint density at radius 1 is 1.18 bits per heavy atom. The second-order valence-corrected chi connectivity index (χ2v) is 7.43. The predicted molar refractivity (Wildman–Crippen MR) is 89.2 cm³/mol. The van der Waals surface area contributed by atoms with Crippen LogP contribution in [0, 0.1) is 6.92 Å². The van der Waals surface area contributed by atoms with Crippen LogP contribution in [0.3, 0.4) is 0 Å². The molecule has 1 aromatic carbocycles. The number of benzene rings is 1. The molecule has 0 spiro atoms. The molecular weight excluding hydrogens is 276 g/mol. The summed E-state index contributed by atoms with van der Waals surface area (Å²) in [5.41, 5.74) is 2.09. The Hall–Kier alpha value is -1.55. The van der Waals surface area contributed by atoms with E-state index in [0.29, 0.717) is 25.0 Å². The molecule has 122 valence electrons. The van der Waals surface area contributed by atoms with E-state index in [-0.39, 0.29) is 6.09 Å². The van der Waals surface area contributed by atoms with Gasteiger partial charge >= 0.3 is 6.09 Å². The highest BCUT2D eigenvalue weighted by Gasteiger charge is 2.38. The van der Waals surface area contributed by atoms with Crippen molar-refractivity contribution in [3.8, 4) is 0 Å². The molecule has 1 heterocycles. The quantitative estimate of drug-likeness (QED) is 0.841. The van der Waals surface area contributed by atoms with Gasteiger partial charge in [-0.25, -0.2) is 4.79 Å². The maximum atomic E-state index is 12.3. The van der Waals surface area contributed by atoms with Crippen molar-refractivity contribution in [2.24, 2.45) is 0 Å². The van der Waals surface area contributed by atoms with Crippen molar-refractivity contribution in [1.82, 2.24) is 9.80 Å². The molecule has 1 saturated heterocycles. The van der Waals surface area contributed by atoms with Crippen molar-refractivity contribution in [3.63, 3.8) is 0 Å². The normalized spacial score (nSPS) is 22.2. The fourth-order valence-corrected chi connectivity index (χ4v) is 2.93. The van der Waals surface area contributed by atoms with Gasteiger partial charge in [0.25, 0.3) is 0 Å². The van der Waals surface area contributed by atoms with Gasteiger partial charge in [0.2, 0.25) is 0 Å². The van der Waals surface area contributed by atoms with E-state index in [1.165, 1.54) is 11.1 Å². The first kappa shape index (κ1) is 16.8. The number of likely N-dealkylation sites (N-methyl/N-ethyl adjacent to an activating group) is 1. The number of carbonyl (C=O) groups is 1. The zero-order valence-corrected chi connectivity index (χ0v) is 14.6. The second-order valence-electron chi connectivity index (χ2n) is 7.43. The molecule has 2 atom stereocenters. The van der Waals surface area contributed by atoms with Gasteiger partial charge < -0.3 is 14.5 Å². The summed E-state index contributed by atoms with van der Waals surface area (Å²) < 4.78 is 5.52. The summed E-state index contributed by atoms with van der Waals surface area (Å²) in [6.45, 7) is 9.22. The van der Waals surface area contributed by atoms with Crippen molar-refractivity contribution in [2.45, 2.75) is 45.3 Å². The highest BCUT2D eigenvalue weighted by Crippen LogP contribution is 2.31. The van der Waals surface area contributed by atoms with Crippen molar-refractivity contribution >= 4 is 6.09 Å². The van der Waals surface area contributed by atoms with Gasteiger partial charge in [0, 0.05) is 25.0 Å². The van der Waals surface area contributed by atoms with Crippen molar-refractivity contribution in [3.05, 3.63) is 35.4 Å². The molecule has 2 rings (SSSR count). The topological polar surface area (TPSA) is 32.8 Å². The van der Waals surface area contributed by atoms with Gasteiger partial charge in [0.15, 0.2) is 0 Å². The third kappa shape index (κ3) is 4.01. The van der Waals surface area contributed by atoms with E-state index in [9.17, 15) is 4.79 Å². The Bertz CT molecular complexity index is 517. The molecule has 0 aromatic heterocycles. The third-order valence-electron chi connectivity index (χ3n) is 4.11. The van der Waals surface area contributed by atoms with Gasteiger partial charge in [-0.1, -0.05) is 29.8 Å². The predicted octanol–water partition coefficient (Wildman–Crippen LogP) is 3.26. The van der Waals surface area contributed by atoms with Crippen LogP contribution in [-0.2, 0) is 4.74 Å². The Morgan fingerprint density at radius 2 is 1.77 bits per heavy atom. The number of carbonyl (C=O) groups excluding carboxylic acids is 1. The van der Waals surface area contributed by atoms with Gasteiger partial charge in [-0.2, -0.15) is 0 Å². The van der Waals surface area contributed by atoms with Crippen LogP contribution in [0.2, 0.25) is 0 Å². The fraction of sp³-hybridized carbons (Fsp3) is 0.611. The van der Waals surface area contributed by atoms with E-state index in [4.69, 9.17) is 4.74 Å². The van der Waals surface area contributed by atoms with Gasteiger partial charge in [-0.05, 0) is 47.4 Å². The second kappa shape index (κ2) is 6.29. The van der Waals surface area contributed by atoms with Crippen LogP contribution >= 0.6 is 0 Å². The molecule has 1 fully saturated rings. The SMILES string of the molecule is Cc1ccc([C@@H]2CN(C(=O)OC(C)(C)C)C[C@H]2N(C)C)cc1. The van der Waals surface area contributed by atoms with Gasteiger partial charge in [0.1, 0.15) is 5.60 Å². The molecule has 4 nitrogen and oxygen atoms in total. The van der Waals surface area contributed by atoms with E-state index in [2.05, 4.69) is 50.2 Å². The minimum absolute atomic E-state index is 0.214.